The number of nitrogens with zero attached hydrogens (tertiary/aromatic N) is 3. The Labute approximate surface area is 176 Å². The van der Waals surface area contributed by atoms with Gasteiger partial charge in [0.1, 0.15) is 0 Å². The van der Waals surface area contributed by atoms with E-state index in [1.807, 2.05) is 24.3 Å². The van der Waals surface area contributed by atoms with Gasteiger partial charge in [0.25, 0.3) is 5.91 Å². The first-order chi connectivity index (χ1) is 14.5. The molecule has 0 bridgehead atoms. The van der Waals surface area contributed by atoms with Gasteiger partial charge < -0.3 is 14.5 Å². The van der Waals surface area contributed by atoms with Gasteiger partial charge in [0.2, 0.25) is 5.91 Å². The first-order valence-corrected chi connectivity index (χ1v) is 10.7. The number of benzene rings is 1. The number of aryl methyl sites for hydroxylation is 1. The molecule has 0 radical (unpaired) electrons. The maximum atomic E-state index is 13.1. The number of amides is 2. The number of hydrogen-bond acceptors (Lipinski definition) is 5. The molecule has 0 spiro atoms. The average molecular weight is 409 g/mol. The van der Waals surface area contributed by atoms with E-state index in [4.69, 9.17) is 9.72 Å². The highest BCUT2D eigenvalue weighted by Gasteiger charge is 2.26. The molecule has 158 valence electrons. The second kappa shape index (κ2) is 8.81. The standard InChI is InChI=1S/C23H27N3O4/c1-16(27)25-11-13-26(14-12-25)21(28)15-30-23(29)22-17-7-3-2-4-9-19(17)24-20-10-6-5-8-18(20)22/h5-6,8,10H,2-4,7,9,11-15H2,1H3. The zero-order valence-electron chi connectivity index (χ0n) is 17.4. The van der Waals surface area contributed by atoms with Crippen molar-refractivity contribution >= 4 is 28.7 Å². The van der Waals surface area contributed by atoms with Crippen molar-refractivity contribution < 1.29 is 19.1 Å². The van der Waals surface area contributed by atoms with Crippen LogP contribution < -0.4 is 0 Å². The Balaban J connectivity index is 1.50. The molecule has 0 atom stereocenters. The topological polar surface area (TPSA) is 79.8 Å². The molecule has 2 aliphatic rings. The number of carbonyl (C=O) groups is 3. The lowest BCUT2D eigenvalue weighted by atomic mass is 9.97. The summed E-state index contributed by atoms with van der Waals surface area (Å²) in [7, 11) is 0. The van der Waals surface area contributed by atoms with Gasteiger partial charge in [-0.25, -0.2) is 4.79 Å². The minimum atomic E-state index is -0.456. The van der Waals surface area contributed by atoms with Crippen LogP contribution in [-0.2, 0) is 27.2 Å². The van der Waals surface area contributed by atoms with Gasteiger partial charge >= 0.3 is 5.97 Å². The number of ether oxygens (including phenoxy) is 1. The monoisotopic (exact) mass is 409 g/mol. The summed E-state index contributed by atoms with van der Waals surface area (Å²) in [4.78, 5) is 45.3. The Morgan fingerprint density at radius 2 is 1.67 bits per heavy atom. The Kier molecular flexibility index (Phi) is 5.97. The van der Waals surface area contributed by atoms with Gasteiger partial charge in [0.05, 0.1) is 11.1 Å². The second-order valence-electron chi connectivity index (χ2n) is 7.95. The molecule has 2 amide bonds. The smallest absolute Gasteiger partial charge is 0.339 e. The van der Waals surface area contributed by atoms with E-state index in [1.165, 1.54) is 6.92 Å². The summed E-state index contributed by atoms with van der Waals surface area (Å²) in [6.07, 6.45) is 4.87. The van der Waals surface area contributed by atoms with E-state index >= 15 is 0 Å². The van der Waals surface area contributed by atoms with E-state index in [1.54, 1.807) is 9.80 Å². The summed E-state index contributed by atoms with van der Waals surface area (Å²) < 4.78 is 5.49. The average Bonchev–Trinajstić information content (AvgIpc) is 3.00. The van der Waals surface area contributed by atoms with Crippen molar-refractivity contribution in [2.24, 2.45) is 0 Å². The Hall–Kier alpha value is -2.96. The minimum absolute atomic E-state index is 0.0128. The molecule has 0 unspecified atom stereocenters. The van der Waals surface area contributed by atoms with Crippen LogP contribution in [-0.4, -0.2) is 65.4 Å². The third-order valence-electron chi connectivity index (χ3n) is 6.03. The summed E-state index contributed by atoms with van der Waals surface area (Å²) in [5.41, 5.74) is 3.30. The fraction of sp³-hybridized carbons (Fsp3) is 0.478. The largest absolute Gasteiger partial charge is 0.452 e. The number of piperazine rings is 1. The van der Waals surface area contributed by atoms with Crippen LogP contribution in [0.2, 0.25) is 0 Å². The van der Waals surface area contributed by atoms with Crippen molar-refractivity contribution in [3.8, 4) is 0 Å². The second-order valence-corrected chi connectivity index (χ2v) is 7.95. The fourth-order valence-corrected chi connectivity index (χ4v) is 4.34. The van der Waals surface area contributed by atoms with Gasteiger partial charge in [-0.2, -0.15) is 0 Å². The quantitative estimate of drug-likeness (QED) is 0.574. The van der Waals surface area contributed by atoms with E-state index in [9.17, 15) is 14.4 Å². The highest BCUT2D eigenvalue weighted by molar-refractivity contribution is 6.05. The van der Waals surface area contributed by atoms with Crippen molar-refractivity contribution in [1.82, 2.24) is 14.8 Å². The Morgan fingerprint density at radius 3 is 2.43 bits per heavy atom. The third kappa shape index (κ3) is 4.15. The number of rotatable bonds is 3. The molecule has 1 aliphatic carbocycles. The van der Waals surface area contributed by atoms with Gasteiger partial charge in [-0.15, -0.1) is 0 Å². The van der Waals surface area contributed by atoms with E-state index in [0.717, 1.165) is 54.3 Å². The molecule has 0 saturated carbocycles. The van der Waals surface area contributed by atoms with Gasteiger partial charge in [-0.05, 0) is 37.3 Å². The summed E-state index contributed by atoms with van der Waals surface area (Å²) in [6, 6.07) is 7.62. The van der Waals surface area contributed by atoms with Crippen LogP contribution in [0.25, 0.3) is 10.9 Å². The summed E-state index contributed by atoms with van der Waals surface area (Å²) in [5.74, 6) is -0.669. The SMILES string of the molecule is CC(=O)N1CCN(C(=O)COC(=O)c2c3c(nc4ccccc24)CCCCC3)CC1. The van der Waals surface area contributed by atoms with Gasteiger partial charge in [0, 0.05) is 44.2 Å². The Bertz CT molecular complexity index is 980. The van der Waals surface area contributed by atoms with Crippen LogP contribution in [0.1, 0.15) is 47.8 Å². The van der Waals surface area contributed by atoms with E-state index < -0.39 is 5.97 Å². The number of esters is 1. The van der Waals surface area contributed by atoms with Crippen molar-refractivity contribution in [3.05, 3.63) is 41.1 Å². The maximum absolute atomic E-state index is 13.1. The molecule has 7 heteroatoms. The molecule has 2 aromatic rings. The van der Waals surface area contributed by atoms with Crippen LogP contribution in [0.5, 0.6) is 0 Å². The highest BCUT2D eigenvalue weighted by atomic mass is 16.5. The number of para-hydroxylation sites is 1. The number of hydrogen-bond donors (Lipinski definition) is 0. The van der Waals surface area contributed by atoms with Crippen LogP contribution in [0, 0.1) is 0 Å². The van der Waals surface area contributed by atoms with E-state index in [2.05, 4.69) is 0 Å². The predicted octanol–water partition coefficient (Wildman–Crippen LogP) is 2.35. The fourth-order valence-electron chi connectivity index (χ4n) is 4.34. The maximum Gasteiger partial charge on any atom is 0.339 e. The van der Waals surface area contributed by atoms with E-state index in [-0.39, 0.29) is 18.4 Å². The van der Waals surface area contributed by atoms with Crippen molar-refractivity contribution in [3.63, 3.8) is 0 Å². The van der Waals surface area contributed by atoms with Crippen LogP contribution in [0.15, 0.2) is 24.3 Å². The van der Waals surface area contributed by atoms with Gasteiger partial charge in [0.15, 0.2) is 6.61 Å². The molecule has 1 aliphatic heterocycles. The van der Waals surface area contributed by atoms with Crippen LogP contribution in [0.3, 0.4) is 0 Å². The molecule has 1 saturated heterocycles. The number of aromatic nitrogens is 1. The van der Waals surface area contributed by atoms with Crippen molar-refractivity contribution in [2.45, 2.75) is 39.0 Å². The lowest BCUT2D eigenvalue weighted by molar-refractivity contribution is -0.140. The molecular formula is C23H27N3O4. The number of fused-ring (bicyclic) bond motifs is 2. The van der Waals surface area contributed by atoms with E-state index in [0.29, 0.717) is 31.7 Å². The van der Waals surface area contributed by atoms with Crippen molar-refractivity contribution in [2.75, 3.05) is 32.8 Å². The zero-order chi connectivity index (χ0) is 21.1. The summed E-state index contributed by atoms with van der Waals surface area (Å²) in [5, 5.41) is 0.783. The van der Waals surface area contributed by atoms with Gasteiger partial charge in [-0.1, -0.05) is 24.6 Å². The number of pyridine rings is 1. The van der Waals surface area contributed by atoms with Crippen molar-refractivity contribution in [1.29, 1.82) is 0 Å². The molecule has 30 heavy (non-hydrogen) atoms. The number of carbonyl (C=O) groups excluding carboxylic acids is 3. The molecule has 1 fully saturated rings. The first-order valence-electron chi connectivity index (χ1n) is 10.7. The molecule has 1 aromatic heterocycles. The Morgan fingerprint density at radius 1 is 0.967 bits per heavy atom. The highest BCUT2D eigenvalue weighted by Crippen LogP contribution is 2.29. The summed E-state index contributed by atoms with van der Waals surface area (Å²) in [6.45, 7) is 3.19. The van der Waals surface area contributed by atoms with Gasteiger partial charge in [-0.3, -0.25) is 14.6 Å². The lowest BCUT2D eigenvalue weighted by Crippen LogP contribution is -2.51. The molecule has 4 rings (SSSR count). The first kappa shape index (κ1) is 20.3. The molecule has 1 aromatic carbocycles. The summed E-state index contributed by atoms with van der Waals surface area (Å²) >= 11 is 0. The van der Waals surface area contributed by atoms with Crippen LogP contribution in [0.4, 0.5) is 0 Å². The predicted molar refractivity (Wildman–Crippen MR) is 112 cm³/mol. The molecule has 2 heterocycles. The molecule has 0 N–H and O–H groups in total. The molecular weight excluding hydrogens is 382 g/mol. The normalized spacial score (nSPS) is 16.7. The van der Waals surface area contributed by atoms with Crippen LogP contribution >= 0.6 is 0 Å². The zero-order valence-corrected chi connectivity index (χ0v) is 17.4. The lowest BCUT2D eigenvalue weighted by Gasteiger charge is -2.34. The third-order valence-corrected chi connectivity index (χ3v) is 6.03. The molecule has 7 nitrogen and oxygen atoms in total. The minimum Gasteiger partial charge on any atom is -0.452 e.